The minimum Gasteiger partial charge on any atom is -0.497 e. The second-order valence-corrected chi connectivity index (χ2v) is 11.3. The topological polar surface area (TPSA) is 96.2 Å². The molecule has 0 aliphatic carbocycles. The fourth-order valence-corrected chi connectivity index (χ4v) is 5.62. The van der Waals surface area contributed by atoms with Crippen LogP contribution < -0.4 is 10.1 Å². The number of alkyl halides is 3. The number of hydrogen-bond acceptors (Lipinski definition) is 5. The first kappa shape index (κ1) is 30.5. The molecule has 0 spiro atoms. The lowest BCUT2D eigenvalue weighted by atomic mass is 10.1. The van der Waals surface area contributed by atoms with Crippen LogP contribution in [0.3, 0.4) is 0 Å². The Balaban J connectivity index is 1.19. The molecule has 0 atom stereocenters. The molecule has 1 amide bonds. The normalized spacial score (nSPS) is 11.7. The number of aromatic nitrogens is 7. The highest BCUT2D eigenvalue weighted by Gasteiger charge is 2.32. The van der Waals surface area contributed by atoms with Crippen LogP contribution in [0.1, 0.15) is 32.9 Å². The first-order valence-corrected chi connectivity index (χ1v) is 14.9. The molecule has 7 aromatic rings. The Bertz CT molecular complexity index is 2280. The van der Waals surface area contributed by atoms with E-state index in [2.05, 4.69) is 20.4 Å². The zero-order chi connectivity index (χ0) is 33.6. The van der Waals surface area contributed by atoms with Crippen LogP contribution in [0.25, 0.3) is 28.3 Å². The summed E-state index contributed by atoms with van der Waals surface area (Å²) in [6, 6.07) is 18.3. The van der Waals surface area contributed by atoms with Crippen LogP contribution in [0.4, 0.5) is 18.9 Å². The molecule has 7 rings (SSSR count). The number of carbonyl (C=O) groups is 1. The Morgan fingerprint density at radius 3 is 2.48 bits per heavy atom. The molecule has 0 aliphatic rings. The van der Waals surface area contributed by atoms with Crippen LogP contribution in [0.5, 0.6) is 5.75 Å². The highest BCUT2D eigenvalue weighted by atomic mass is 19.4. The number of nitrogens with zero attached hydrogens (tertiary/aromatic N) is 7. The van der Waals surface area contributed by atoms with Crippen LogP contribution in [0.15, 0.2) is 104 Å². The average molecular weight is 651 g/mol. The summed E-state index contributed by atoms with van der Waals surface area (Å²) in [7, 11) is 1.63. The van der Waals surface area contributed by atoms with Crippen LogP contribution in [0, 0.1) is 13.8 Å². The van der Waals surface area contributed by atoms with E-state index in [1.807, 2.05) is 69.6 Å². The van der Waals surface area contributed by atoms with Crippen molar-refractivity contribution < 1.29 is 22.7 Å². The van der Waals surface area contributed by atoms with E-state index in [-0.39, 0.29) is 11.3 Å². The summed E-state index contributed by atoms with van der Waals surface area (Å²) in [6.45, 7) is 4.18. The van der Waals surface area contributed by atoms with Crippen LogP contribution in [-0.4, -0.2) is 46.5 Å². The highest BCUT2D eigenvalue weighted by molar-refractivity contribution is 6.05. The summed E-state index contributed by atoms with van der Waals surface area (Å²) in [6.07, 6.45) is 5.76. The first-order valence-electron chi connectivity index (χ1n) is 14.9. The van der Waals surface area contributed by atoms with Crippen LogP contribution in [0.2, 0.25) is 0 Å². The number of methoxy groups -OCH3 is 1. The van der Waals surface area contributed by atoms with E-state index in [1.165, 1.54) is 16.8 Å². The van der Waals surface area contributed by atoms with Crippen molar-refractivity contribution in [3.05, 3.63) is 132 Å². The SMILES string of the molecule is COc1ccc(Cn2cc(-c3cnc4ccn(-c5cc(NC(=O)c6cc(-n7ccnc7C)cc(C(F)(F)F)c6)ccc5C)n34)cn2)cc1. The van der Waals surface area contributed by atoms with E-state index in [4.69, 9.17) is 4.74 Å². The lowest BCUT2D eigenvalue weighted by molar-refractivity contribution is -0.137. The van der Waals surface area contributed by atoms with E-state index in [0.717, 1.165) is 46.0 Å². The highest BCUT2D eigenvalue weighted by Crippen LogP contribution is 2.32. The Kier molecular flexibility index (Phi) is 7.58. The van der Waals surface area contributed by atoms with Crippen molar-refractivity contribution in [3.63, 3.8) is 0 Å². The standard InChI is InChI=1S/C35H29F3N8O2/c1-22-4-7-28(42-34(47)25-14-27(35(36,37)38)16-29(15-25)44-13-11-39-23(44)2)17-31(22)45-12-10-33-40-19-32(46(33)45)26-18-41-43(21-26)20-24-5-8-30(48-3)9-6-24/h4-19,21H,20H2,1-3H3,(H,42,47). The predicted octanol–water partition coefficient (Wildman–Crippen LogP) is 7.12. The van der Waals surface area contributed by atoms with Gasteiger partial charge >= 0.3 is 6.18 Å². The molecule has 0 radical (unpaired) electrons. The third-order valence-electron chi connectivity index (χ3n) is 8.10. The molecule has 0 saturated carbocycles. The van der Waals surface area contributed by atoms with Crippen molar-refractivity contribution >= 4 is 17.2 Å². The van der Waals surface area contributed by atoms with Gasteiger partial charge in [0.2, 0.25) is 0 Å². The number of halogens is 3. The second-order valence-electron chi connectivity index (χ2n) is 11.3. The number of aryl methyl sites for hydroxylation is 2. The number of nitrogens with one attached hydrogen (secondary N) is 1. The Morgan fingerprint density at radius 1 is 0.938 bits per heavy atom. The van der Waals surface area contributed by atoms with E-state index in [1.54, 1.807) is 44.8 Å². The number of imidazole rings is 2. The monoisotopic (exact) mass is 650 g/mol. The molecule has 0 saturated heterocycles. The number of ether oxygens (including phenoxy) is 1. The van der Waals surface area contributed by atoms with Gasteiger partial charge in [-0.2, -0.15) is 18.3 Å². The molecule has 48 heavy (non-hydrogen) atoms. The molecule has 13 heteroatoms. The fraction of sp³-hybridized carbons (Fsp3) is 0.143. The molecule has 3 aromatic carbocycles. The van der Waals surface area contributed by atoms with E-state index >= 15 is 0 Å². The predicted molar refractivity (Wildman–Crippen MR) is 174 cm³/mol. The molecule has 0 unspecified atom stereocenters. The third-order valence-corrected chi connectivity index (χ3v) is 8.10. The molecule has 1 N–H and O–H groups in total. The number of carbonyl (C=O) groups excluding carboxylic acids is 1. The number of rotatable bonds is 8. The fourth-order valence-electron chi connectivity index (χ4n) is 5.62. The largest absolute Gasteiger partial charge is 0.497 e. The molecule has 0 fully saturated rings. The Morgan fingerprint density at radius 2 is 1.75 bits per heavy atom. The maximum atomic E-state index is 13.8. The van der Waals surface area contributed by atoms with Gasteiger partial charge in [0.1, 0.15) is 11.6 Å². The molecule has 0 aliphatic heterocycles. The van der Waals surface area contributed by atoms with Crippen molar-refractivity contribution in [1.82, 2.24) is 33.5 Å². The summed E-state index contributed by atoms with van der Waals surface area (Å²) in [4.78, 5) is 22.1. The van der Waals surface area contributed by atoms with Crippen molar-refractivity contribution in [1.29, 1.82) is 0 Å². The third kappa shape index (κ3) is 5.81. The minimum atomic E-state index is -4.65. The lowest BCUT2D eigenvalue weighted by Gasteiger charge is -2.15. The van der Waals surface area contributed by atoms with Gasteiger partial charge in [-0.15, -0.1) is 0 Å². The van der Waals surface area contributed by atoms with E-state index in [0.29, 0.717) is 23.7 Å². The van der Waals surface area contributed by atoms with E-state index < -0.39 is 17.6 Å². The smallest absolute Gasteiger partial charge is 0.416 e. The Labute approximate surface area is 272 Å². The van der Waals surface area contributed by atoms with Crippen LogP contribution in [-0.2, 0) is 12.7 Å². The minimum absolute atomic E-state index is 0.137. The second kappa shape index (κ2) is 11.9. The van der Waals surface area contributed by atoms with Gasteiger partial charge in [0.05, 0.1) is 43.0 Å². The van der Waals surface area contributed by atoms with Gasteiger partial charge in [-0.05, 0) is 67.4 Å². The molecule has 4 aromatic heterocycles. The molecule has 0 bridgehead atoms. The molecule has 10 nitrogen and oxygen atoms in total. The summed E-state index contributed by atoms with van der Waals surface area (Å²) in [5.41, 5.74) is 4.59. The molecular weight excluding hydrogens is 621 g/mol. The number of benzene rings is 3. The first-order chi connectivity index (χ1) is 23.1. The average Bonchev–Trinajstić information content (AvgIpc) is 3.88. The quantitative estimate of drug-likeness (QED) is 0.189. The lowest BCUT2D eigenvalue weighted by Crippen LogP contribution is -2.16. The number of amides is 1. The number of hydrogen-bond donors (Lipinski definition) is 1. The van der Waals surface area contributed by atoms with Crippen molar-refractivity contribution in [2.45, 2.75) is 26.6 Å². The molecule has 4 heterocycles. The van der Waals surface area contributed by atoms with Gasteiger partial charge in [0.25, 0.3) is 5.91 Å². The van der Waals surface area contributed by atoms with Crippen molar-refractivity contribution in [2.75, 3.05) is 12.4 Å². The van der Waals surface area contributed by atoms with Gasteiger partial charge in [0.15, 0.2) is 5.65 Å². The zero-order valence-corrected chi connectivity index (χ0v) is 26.1. The maximum absolute atomic E-state index is 13.8. The maximum Gasteiger partial charge on any atom is 0.416 e. The van der Waals surface area contributed by atoms with Gasteiger partial charge in [-0.3, -0.25) is 14.2 Å². The van der Waals surface area contributed by atoms with Gasteiger partial charge in [-0.25, -0.2) is 14.5 Å². The summed E-state index contributed by atoms with van der Waals surface area (Å²) in [5, 5.41) is 7.34. The molecular formula is C35H29F3N8O2. The zero-order valence-electron chi connectivity index (χ0n) is 26.1. The number of anilines is 1. The Hall–Kier alpha value is -6.11. The number of fused-ring (bicyclic) bond motifs is 1. The summed E-state index contributed by atoms with van der Waals surface area (Å²) in [5.74, 6) is 0.595. The van der Waals surface area contributed by atoms with Gasteiger partial charge in [0, 0.05) is 53.4 Å². The van der Waals surface area contributed by atoms with Crippen LogP contribution >= 0.6 is 0 Å². The van der Waals surface area contributed by atoms with E-state index in [9.17, 15) is 18.0 Å². The van der Waals surface area contributed by atoms with Gasteiger partial charge < -0.3 is 14.6 Å². The van der Waals surface area contributed by atoms with Crippen molar-refractivity contribution in [3.8, 4) is 28.4 Å². The summed E-state index contributed by atoms with van der Waals surface area (Å²) >= 11 is 0. The van der Waals surface area contributed by atoms with Gasteiger partial charge in [-0.1, -0.05) is 18.2 Å². The molecule has 242 valence electrons. The summed E-state index contributed by atoms with van der Waals surface area (Å²) < 4.78 is 54.0. The van der Waals surface area contributed by atoms with Crippen molar-refractivity contribution in [2.24, 2.45) is 0 Å².